The van der Waals surface area contributed by atoms with E-state index < -0.39 is 14.9 Å². The van der Waals surface area contributed by atoms with Crippen LogP contribution in [-0.2, 0) is 10.0 Å². The molecule has 0 aromatic heterocycles. The minimum absolute atomic E-state index is 0.0509. The molecule has 1 N–H and O–H groups in total. The van der Waals surface area contributed by atoms with Crippen LogP contribution in [0, 0.1) is 10.1 Å². The van der Waals surface area contributed by atoms with Crippen molar-refractivity contribution >= 4 is 21.4 Å². The van der Waals surface area contributed by atoms with Crippen molar-refractivity contribution in [1.82, 2.24) is 4.31 Å². The van der Waals surface area contributed by atoms with Gasteiger partial charge in [-0.1, -0.05) is 6.92 Å². The maximum Gasteiger partial charge on any atom is 0.292 e. The van der Waals surface area contributed by atoms with E-state index in [2.05, 4.69) is 5.32 Å². The Morgan fingerprint density at radius 3 is 2.50 bits per heavy atom. The maximum absolute atomic E-state index is 12.3. The summed E-state index contributed by atoms with van der Waals surface area (Å²) in [6.07, 6.45) is 0.697. The average Bonchev–Trinajstić information content (AvgIpc) is 2.39. The fraction of sp³-hybridized carbons (Fsp3) is 0.500. The van der Waals surface area contributed by atoms with Crippen LogP contribution in [0.1, 0.15) is 20.3 Å². The molecular formula is C12H19N3O4S. The van der Waals surface area contributed by atoms with Crippen LogP contribution in [0.2, 0.25) is 0 Å². The summed E-state index contributed by atoms with van der Waals surface area (Å²) >= 11 is 0. The Morgan fingerprint density at radius 2 is 2.00 bits per heavy atom. The van der Waals surface area contributed by atoms with Crippen molar-refractivity contribution in [1.29, 1.82) is 0 Å². The first-order chi connectivity index (χ1) is 9.34. The number of hydrogen-bond donors (Lipinski definition) is 1. The van der Waals surface area contributed by atoms with Gasteiger partial charge in [-0.2, -0.15) is 0 Å². The van der Waals surface area contributed by atoms with E-state index in [1.54, 1.807) is 6.92 Å². The summed E-state index contributed by atoms with van der Waals surface area (Å²) in [5.41, 5.74) is 0.0763. The highest BCUT2D eigenvalue weighted by atomic mass is 32.2. The highest BCUT2D eigenvalue weighted by Gasteiger charge is 2.23. The van der Waals surface area contributed by atoms with Crippen LogP contribution in [0.15, 0.2) is 23.1 Å². The molecule has 0 bridgehead atoms. The molecule has 7 nitrogen and oxygen atoms in total. The smallest absolute Gasteiger partial charge is 0.292 e. The van der Waals surface area contributed by atoms with Crippen LogP contribution >= 0.6 is 0 Å². The SMILES string of the molecule is CCCN(C)S(=O)(=O)c1ccc([N+](=O)[O-])c(NCC)c1. The van der Waals surface area contributed by atoms with Crippen molar-refractivity contribution in [2.45, 2.75) is 25.2 Å². The van der Waals surface area contributed by atoms with Gasteiger partial charge in [-0.25, -0.2) is 12.7 Å². The molecule has 0 saturated heterocycles. The number of rotatable bonds is 7. The number of nitrogens with one attached hydrogen (secondary N) is 1. The van der Waals surface area contributed by atoms with Crippen LogP contribution in [0.3, 0.4) is 0 Å². The van der Waals surface area contributed by atoms with Gasteiger partial charge in [0.15, 0.2) is 0 Å². The molecule has 0 aliphatic heterocycles. The fourth-order valence-corrected chi connectivity index (χ4v) is 3.07. The van der Waals surface area contributed by atoms with Gasteiger partial charge in [0, 0.05) is 26.2 Å². The molecule has 1 aromatic carbocycles. The lowest BCUT2D eigenvalue weighted by molar-refractivity contribution is -0.384. The molecule has 1 rings (SSSR count). The Labute approximate surface area is 118 Å². The molecule has 0 heterocycles. The Bertz CT molecular complexity index is 586. The largest absolute Gasteiger partial charge is 0.380 e. The van der Waals surface area contributed by atoms with E-state index in [-0.39, 0.29) is 16.3 Å². The topological polar surface area (TPSA) is 92.5 Å². The molecule has 8 heteroatoms. The van der Waals surface area contributed by atoms with E-state index in [1.807, 2.05) is 6.92 Å². The predicted octanol–water partition coefficient (Wildman–Crippen LogP) is 2.06. The van der Waals surface area contributed by atoms with Gasteiger partial charge in [0.05, 0.1) is 9.82 Å². The van der Waals surface area contributed by atoms with E-state index in [0.717, 1.165) is 0 Å². The van der Waals surface area contributed by atoms with Crippen molar-refractivity contribution in [3.63, 3.8) is 0 Å². The average molecular weight is 301 g/mol. The molecule has 0 fully saturated rings. The summed E-state index contributed by atoms with van der Waals surface area (Å²) in [6.45, 7) is 4.53. The zero-order chi connectivity index (χ0) is 15.3. The van der Waals surface area contributed by atoms with Crippen molar-refractivity contribution < 1.29 is 13.3 Å². The monoisotopic (exact) mass is 301 g/mol. The summed E-state index contributed by atoms with van der Waals surface area (Å²) < 4.78 is 25.8. The second-order valence-electron chi connectivity index (χ2n) is 4.29. The van der Waals surface area contributed by atoms with E-state index >= 15 is 0 Å². The summed E-state index contributed by atoms with van der Waals surface area (Å²) in [5.74, 6) is 0. The first-order valence-corrected chi connectivity index (χ1v) is 7.77. The van der Waals surface area contributed by atoms with Gasteiger partial charge in [-0.3, -0.25) is 10.1 Å². The molecule has 0 radical (unpaired) electrons. The molecule has 0 amide bonds. The van der Waals surface area contributed by atoms with Crippen molar-refractivity contribution in [3.8, 4) is 0 Å². The van der Waals surface area contributed by atoms with Gasteiger partial charge >= 0.3 is 0 Å². The number of sulfonamides is 1. The zero-order valence-electron chi connectivity index (χ0n) is 11.8. The van der Waals surface area contributed by atoms with E-state index in [4.69, 9.17) is 0 Å². The predicted molar refractivity (Wildman–Crippen MR) is 77.4 cm³/mol. The molecule has 1 aromatic rings. The number of benzene rings is 1. The first-order valence-electron chi connectivity index (χ1n) is 6.33. The van der Waals surface area contributed by atoms with Crippen molar-refractivity contribution in [2.75, 3.05) is 25.5 Å². The van der Waals surface area contributed by atoms with Crippen LogP contribution in [-0.4, -0.2) is 37.8 Å². The standard InChI is InChI=1S/C12H19N3O4S/c1-4-8-14(3)20(18,19)10-6-7-12(15(16)17)11(9-10)13-5-2/h6-7,9,13H,4-5,8H2,1-3H3. The molecule has 0 aliphatic carbocycles. The van der Waals surface area contributed by atoms with Gasteiger partial charge in [-0.05, 0) is 25.5 Å². The molecular weight excluding hydrogens is 282 g/mol. The van der Waals surface area contributed by atoms with Gasteiger partial charge in [0.2, 0.25) is 10.0 Å². The molecule has 0 saturated carbocycles. The summed E-state index contributed by atoms with van der Waals surface area (Å²) in [6, 6.07) is 3.79. The van der Waals surface area contributed by atoms with Gasteiger partial charge in [-0.15, -0.1) is 0 Å². The Balaban J connectivity index is 3.27. The quantitative estimate of drug-likeness (QED) is 0.614. The summed E-state index contributed by atoms with van der Waals surface area (Å²) in [4.78, 5) is 10.4. The zero-order valence-corrected chi connectivity index (χ0v) is 12.6. The first kappa shape index (κ1) is 16.4. The lowest BCUT2D eigenvalue weighted by Gasteiger charge is -2.17. The Morgan fingerprint density at radius 1 is 1.35 bits per heavy atom. The van der Waals surface area contributed by atoms with E-state index in [9.17, 15) is 18.5 Å². The number of anilines is 1. The Hall–Kier alpha value is -1.67. The van der Waals surface area contributed by atoms with Gasteiger partial charge in [0.1, 0.15) is 5.69 Å². The molecule has 0 spiro atoms. The van der Waals surface area contributed by atoms with Crippen LogP contribution in [0.4, 0.5) is 11.4 Å². The van der Waals surface area contributed by atoms with Crippen LogP contribution < -0.4 is 5.32 Å². The third-order valence-corrected chi connectivity index (χ3v) is 4.63. The minimum atomic E-state index is -3.61. The van der Waals surface area contributed by atoms with E-state index in [1.165, 1.54) is 29.6 Å². The number of hydrogen-bond acceptors (Lipinski definition) is 5. The number of nitro benzene ring substituents is 1. The molecule has 0 unspecified atom stereocenters. The lowest BCUT2D eigenvalue weighted by atomic mass is 10.2. The molecule has 20 heavy (non-hydrogen) atoms. The van der Waals surface area contributed by atoms with Crippen LogP contribution in [0.5, 0.6) is 0 Å². The molecule has 0 atom stereocenters. The highest BCUT2D eigenvalue weighted by molar-refractivity contribution is 7.89. The minimum Gasteiger partial charge on any atom is -0.380 e. The van der Waals surface area contributed by atoms with Crippen LogP contribution in [0.25, 0.3) is 0 Å². The van der Waals surface area contributed by atoms with Gasteiger partial charge < -0.3 is 5.32 Å². The van der Waals surface area contributed by atoms with Crippen molar-refractivity contribution in [3.05, 3.63) is 28.3 Å². The third-order valence-electron chi connectivity index (χ3n) is 2.78. The highest BCUT2D eigenvalue weighted by Crippen LogP contribution is 2.28. The summed E-state index contributed by atoms with van der Waals surface area (Å²) in [7, 11) is -2.12. The van der Waals surface area contributed by atoms with Crippen molar-refractivity contribution in [2.24, 2.45) is 0 Å². The number of nitro groups is 1. The molecule has 112 valence electrons. The normalized spacial score (nSPS) is 11.6. The van der Waals surface area contributed by atoms with E-state index in [0.29, 0.717) is 19.5 Å². The second kappa shape index (κ2) is 6.67. The maximum atomic E-state index is 12.3. The Kier molecular flexibility index (Phi) is 5.46. The lowest BCUT2D eigenvalue weighted by Crippen LogP contribution is -2.27. The number of nitrogens with zero attached hydrogens (tertiary/aromatic N) is 2. The second-order valence-corrected chi connectivity index (χ2v) is 6.34. The van der Waals surface area contributed by atoms with Gasteiger partial charge in [0.25, 0.3) is 5.69 Å². The fourth-order valence-electron chi connectivity index (χ4n) is 1.78. The third kappa shape index (κ3) is 3.45. The molecule has 0 aliphatic rings. The summed E-state index contributed by atoms with van der Waals surface area (Å²) in [5, 5.41) is 13.7.